The molecule has 1 fully saturated rings. The average molecular weight is 233 g/mol. The Morgan fingerprint density at radius 2 is 2.12 bits per heavy atom. The standard InChI is InChI=1S/C14H23N3/c1-11-7-8-17-14(15-11)10-13(16-17)9-12-5-3-2-4-6-12/h10-12,15H,2-9H2,1H3. The van der Waals surface area contributed by atoms with Crippen LogP contribution >= 0.6 is 0 Å². The second kappa shape index (κ2) is 4.71. The minimum atomic E-state index is 0.599. The van der Waals surface area contributed by atoms with Crippen LogP contribution in [-0.4, -0.2) is 15.8 Å². The average Bonchev–Trinajstić information content (AvgIpc) is 2.71. The van der Waals surface area contributed by atoms with Gasteiger partial charge in [0.1, 0.15) is 5.82 Å². The number of aromatic nitrogens is 2. The highest BCUT2D eigenvalue weighted by molar-refractivity contribution is 5.39. The Balaban J connectivity index is 1.67. The largest absolute Gasteiger partial charge is 0.368 e. The first-order valence-corrected chi connectivity index (χ1v) is 7.14. The van der Waals surface area contributed by atoms with Crippen molar-refractivity contribution < 1.29 is 0 Å². The van der Waals surface area contributed by atoms with E-state index in [2.05, 4.69) is 23.0 Å². The fourth-order valence-electron chi connectivity index (χ4n) is 3.18. The zero-order chi connectivity index (χ0) is 11.7. The van der Waals surface area contributed by atoms with Gasteiger partial charge in [-0.05, 0) is 25.7 Å². The Hall–Kier alpha value is -0.990. The molecule has 1 aromatic heterocycles. The quantitative estimate of drug-likeness (QED) is 0.850. The smallest absolute Gasteiger partial charge is 0.124 e. The van der Waals surface area contributed by atoms with Gasteiger partial charge in [-0.25, -0.2) is 4.68 Å². The summed E-state index contributed by atoms with van der Waals surface area (Å²) in [5.74, 6) is 2.12. The molecular formula is C14H23N3. The molecule has 2 aliphatic rings. The molecule has 1 aliphatic heterocycles. The van der Waals surface area contributed by atoms with E-state index in [4.69, 9.17) is 5.10 Å². The van der Waals surface area contributed by atoms with Gasteiger partial charge in [0, 0.05) is 18.7 Å². The van der Waals surface area contributed by atoms with Crippen molar-refractivity contribution >= 4 is 5.82 Å². The zero-order valence-corrected chi connectivity index (χ0v) is 10.8. The van der Waals surface area contributed by atoms with Crippen LogP contribution in [0.25, 0.3) is 0 Å². The Morgan fingerprint density at radius 1 is 1.29 bits per heavy atom. The summed E-state index contributed by atoms with van der Waals surface area (Å²) >= 11 is 0. The van der Waals surface area contributed by atoms with Gasteiger partial charge in [-0.15, -0.1) is 0 Å². The fraction of sp³-hybridized carbons (Fsp3) is 0.786. The lowest BCUT2D eigenvalue weighted by molar-refractivity contribution is 0.353. The van der Waals surface area contributed by atoms with Gasteiger partial charge in [0.05, 0.1) is 5.69 Å². The number of anilines is 1. The Labute approximate surface area is 104 Å². The summed E-state index contributed by atoms with van der Waals surface area (Å²) in [7, 11) is 0. The van der Waals surface area contributed by atoms with E-state index >= 15 is 0 Å². The Kier molecular flexibility index (Phi) is 3.08. The molecule has 3 nitrogen and oxygen atoms in total. The fourth-order valence-corrected chi connectivity index (χ4v) is 3.18. The normalized spacial score (nSPS) is 25.4. The van der Waals surface area contributed by atoms with E-state index in [0.717, 1.165) is 12.5 Å². The number of nitrogens with zero attached hydrogens (tertiary/aromatic N) is 2. The zero-order valence-electron chi connectivity index (χ0n) is 10.8. The number of rotatable bonds is 2. The molecule has 1 saturated carbocycles. The Morgan fingerprint density at radius 3 is 2.94 bits per heavy atom. The molecule has 1 atom stereocenters. The molecule has 2 heterocycles. The Bertz CT molecular complexity index is 377. The summed E-state index contributed by atoms with van der Waals surface area (Å²) in [4.78, 5) is 0. The van der Waals surface area contributed by atoms with Gasteiger partial charge in [-0.2, -0.15) is 5.10 Å². The van der Waals surface area contributed by atoms with E-state index in [-0.39, 0.29) is 0 Å². The maximum atomic E-state index is 4.73. The van der Waals surface area contributed by atoms with Crippen LogP contribution in [0.1, 0.15) is 51.1 Å². The minimum absolute atomic E-state index is 0.599. The SMILES string of the molecule is CC1CCn2nc(CC3CCCCC3)cc2N1. The van der Waals surface area contributed by atoms with E-state index in [9.17, 15) is 0 Å². The van der Waals surface area contributed by atoms with Crippen LogP contribution in [0.4, 0.5) is 5.82 Å². The number of fused-ring (bicyclic) bond motifs is 1. The molecule has 0 aromatic carbocycles. The van der Waals surface area contributed by atoms with Crippen LogP contribution < -0.4 is 5.32 Å². The van der Waals surface area contributed by atoms with Gasteiger partial charge in [0.25, 0.3) is 0 Å². The van der Waals surface area contributed by atoms with Crippen molar-refractivity contribution in [1.29, 1.82) is 0 Å². The first kappa shape index (κ1) is 11.1. The molecule has 0 spiro atoms. The molecule has 1 aliphatic carbocycles. The molecule has 1 unspecified atom stereocenters. The van der Waals surface area contributed by atoms with Gasteiger partial charge in [-0.3, -0.25) is 0 Å². The van der Waals surface area contributed by atoms with Crippen molar-refractivity contribution in [3.8, 4) is 0 Å². The maximum Gasteiger partial charge on any atom is 0.124 e. The molecule has 0 bridgehead atoms. The van der Waals surface area contributed by atoms with Crippen LogP contribution in [-0.2, 0) is 13.0 Å². The predicted octanol–water partition coefficient (Wildman–Crippen LogP) is 3.21. The third kappa shape index (κ3) is 2.48. The topological polar surface area (TPSA) is 29.9 Å². The first-order chi connectivity index (χ1) is 8.31. The lowest BCUT2D eigenvalue weighted by atomic mass is 9.86. The van der Waals surface area contributed by atoms with Crippen LogP contribution in [0.3, 0.4) is 0 Å². The molecule has 0 amide bonds. The van der Waals surface area contributed by atoms with E-state index in [1.165, 1.54) is 56.5 Å². The number of nitrogens with one attached hydrogen (secondary N) is 1. The van der Waals surface area contributed by atoms with E-state index in [1.807, 2.05) is 0 Å². The molecule has 0 radical (unpaired) electrons. The lowest BCUT2D eigenvalue weighted by Gasteiger charge is -2.21. The van der Waals surface area contributed by atoms with E-state index in [0.29, 0.717) is 6.04 Å². The number of hydrogen-bond acceptors (Lipinski definition) is 2. The molecule has 94 valence electrons. The van der Waals surface area contributed by atoms with Crippen molar-refractivity contribution in [1.82, 2.24) is 9.78 Å². The highest BCUT2D eigenvalue weighted by Gasteiger charge is 2.19. The van der Waals surface area contributed by atoms with Crippen LogP contribution in [0.2, 0.25) is 0 Å². The molecular weight excluding hydrogens is 210 g/mol. The van der Waals surface area contributed by atoms with Crippen LogP contribution in [0.15, 0.2) is 6.07 Å². The van der Waals surface area contributed by atoms with Crippen molar-refractivity contribution in [3.05, 3.63) is 11.8 Å². The molecule has 0 saturated heterocycles. The third-order valence-corrected chi connectivity index (χ3v) is 4.22. The highest BCUT2D eigenvalue weighted by atomic mass is 15.3. The van der Waals surface area contributed by atoms with E-state index < -0.39 is 0 Å². The van der Waals surface area contributed by atoms with Crippen molar-refractivity contribution in [2.45, 2.75) is 64.5 Å². The number of aryl methyl sites for hydroxylation is 1. The van der Waals surface area contributed by atoms with Crippen molar-refractivity contribution in [2.75, 3.05) is 5.32 Å². The summed E-state index contributed by atoms with van der Waals surface area (Å²) in [6.07, 6.45) is 9.49. The van der Waals surface area contributed by atoms with Crippen LogP contribution in [0, 0.1) is 5.92 Å². The van der Waals surface area contributed by atoms with Crippen molar-refractivity contribution in [2.24, 2.45) is 5.92 Å². The van der Waals surface area contributed by atoms with Gasteiger partial charge < -0.3 is 5.32 Å². The summed E-state index contributed by atoms with van der Waals surface area (Å²) < 4.78 is 2.15. The summed E-state index contributed by atoms with van der Waals surface area (Å²) in [6, 6.07) is 2.87. The summed E-state index contributed by atoms with van der Waals surface area (Å²) in [5, 5.41) is 8.25. The molecule has 3 rings (SSSR count). The second-order valence-electron chi connectivity index (χ2n) is 5.79. The van der Waals surface area contributed by atoms with E-state index in [1.54, 1.807) is 0 Å². The first-order valence-electron chi connectivity index (χ1n) is 7.14. The summed E-state index contributed by atoms with van der Waals surface area (Å²) in [5.41, 5.74) is 1.30. The summed E-state index contributed by atoms with van der Waals surface area (Å²) in [6.45, 7) is 3.32. The van der Waals surface area contributed by atoms with Crippen molar-refractivity contribution in [3.63, 3.8) is 0 Å². The van der Waals surface area contributed by atoms with Gasteiger partial charge in [-0.1, -0.05) is 32.1 Å². The number of hydrogen-bond donors (Lipinski definition) is 1. The molecule has 1 aromatic rings. The minimum Gasteiger partial charge on any atom is -0.368 e. The molecule has 1 N–H and O–H groups in total. The molecule has 3 heteroatoms. The third-order valence-electron chi connectivity index (χ3n) is 4.22. The van der Waals surface area contributed by atoms with Gasteiger partial charge in [0.15, 0.2) is 0 Å². The van der Waals surface area contributed by atoms with Gasteiger partial charge >= 0.3 is 0 Å². The van der Waals surface area contributed by atoms with Crippen LogP contribution in [0.5, 0.6) is 0 Å². The lowest BCUT2D eigenvalue weighted by Crippen LogP contribution is -2.25. The maximum absolute atomic E-state index is 4.73. The van der Waals surface area contributed by atoms with Gasteiger partial charge in [0.2, 0.25) is 0 Å². The predicted molar refractivity (Wildman–Crippen MR) is 70.2 cm³/mol. The second-order valence-corrected chi connectivity index (χ2v) is 5.79. The highest BCUT2D eigenvalue weighted by Crippen LogP contribution is 2.28. The monoisotopic (exact) mass is 233 g/mol. The molecule has 17 heavy (non-hydrogen) atoms.